The number of esters is 1. The summed E-state index contributed by atoms with van der Waals surface area (Å²) in [7, 11) is 1.34. The number of carbonyl (C=O) groups is 9. The topological polar surface area (TPSA) is 310 Å². The van der Waals surface area contributed by atoms with Gasteiger partial charge in [0.15, 0.2) is 0 Å². The number of nitrogens with zero attached hydrogens (tertiary/aromatic N) is 2. The third-order valence-electron chi connectivity index (χ3n) is 13.7. The molecule has 2 bridgehead atoms. The Labute approximate surface area is 442 Å². The minimum absolute atomic E-state index is 0.0303. The number of hydrogen-bond acceptors (Lipinski definition) is 13. The molecule has 2 saturated heterocycles. The van der Waals surface area contributed by atoms with Gasteiger partial charge in [0, 0.05) is 39.2 Å². The van der Waals surface area contributed by atoms with E-state index in [4.69, 9.17) is 4.74 Å². The zero-order valence-corrected chi connectivity index (χ0v) is 43.7. The number of ether oxygens (including phenoxy) is 1. The first-order chi connectivity index (χ1) is 36.2. The number of aliphatic carboxylic acids is 1. The number of fused-ring (bicyclic) bond motifs is 2. The van der Waals surface area contributed by atoms with Crippen molar-refractivity contribution in [1.29, 1.82) is 0 Å². The molecule has 76 heavy (non-hydrogen) atoms. The molecule has 2 aliphatic heterocycles. The number of aliphatic hydroxyl groups is 1. The van der Waals surface area contributed by atoms with Crippen LogP contribution in [0.25, 0.3) is 0 Å². The summed E-state index contributed by atoms with van der Waals surface area (Å²) in [5.74, 6) is -9.28. The number of phenols is 2. The van der Waals surface area contributed by atoms with Crippen LogP contribution in [0.3, 0.4) is 0 Å². The third-order valence-corrected chi connectivity index (χ3v) is 13.7. The molecule has 0 aliphatic carbocycles. The van der Waals surface area contributed by atoms with E-state index in [0.717, 1.165) is 35.5 Å². The maximum atomic E-state index is 15.1. The van der Waals surface area contributed by atoms with Crippen LogP contribution in [-0.2, 0) is 67.2 Å². The van der Waals surface area contributed by atoms with Crippen LogP contribution in [0.15, 0.2) is 78.9 Å². The number of piperidine rings is 1. The van der Waals surface area contributed by atoms with Crippen molar-refractivity contribution >= 4 is 53.3 Å². The van der Waals surface area contributed by atoms with Gasteiger partial charge in [-0.3, -0.25) is 38.4 Å². The normalized spacial score (nSPS) is 23.5. The molecule has 3 unspecified atom stereocenters. The van der Waals surface area contributed by atoms with E-state index in [0.29, 0.717) is 23.1 Å². The van der Waals surface area contributed by atoms with Crippen molar-refractivity contribution in [1.82, 2.24) is 36.4 Å². The molecule has 2 aliphatic rings. The Kier molecular flexibility index (Phi) is 22.2. The van der Waals surface area contributed by atoms with Crippen LogP contribution >= 0.6 is 0 Å². The largest absolute Gasteiger partial charge is 0.508 e. The summed E-state index contributed by atoms with van der Waals surface area (Å²) in [6.45, 7) is 6.52. The number of aromatic hydroxyl groups is 2. The molecule has 0 saturated carbocycles. The second kappa shape index (κ2) is 28.4. The first-order valence-corrected chi connectivity index (χ1v) is 26.0. The van der Waals surface area contributed by atoms with Crippen LogP contribution in [0.4, 0.5) is 0 Å². The zero-order chi connectivity index (χ0) is 55.6. The number of aliphatic hydroxyl groups excluding tert-OH is 1. The lowest BCUT2D eigenvalue weighted by atomic mass is 9.95. The van der Waals surface area contributed by atoms with Gasteiger partial charge in [-0.1, -0.05) is 101 Å². The number of carboxylic acids is 1. The number of likely N-dealkylation sites (N-methyl/N-ethyl adjacent to an activating group) is 1. The summed E-state index contributed by atoms with van der Waals surface area (Å²) in [4.78, 5) is 130. The predicted octanol–water partition coefficient (Wildman–Crippen LogP) is 2.51. The standard InChI is InChI=1S/C55H73N7O14/c1-6-7-8-9-13-16-44(65)56-39(26-28-46(67)68)49(69)60-48-33(4)76-55(75)47(32(2)3)59-51(71)42(30-36-19-23-38(64)24-20-36)61(5)54(74)43(31-34-14-11-10-12-15-34)62-45(66)27-25-40(53(62)73)57-50(70)41(58-52(48)72)29-35-17-21-37(63)22-18-35/h10-12,14-15,17-24,32-33,39-43,45,47-48,63-64,66H,6-9,13,16,25-31H2,1-5H3,(H,56,65)(H,57,70)(H,58,72)(H,59,71)(H,60,69)(H,67,68)/t33-,39+,40?,41+,42+,43+,45?,47?,48+/m1/s1. The van der Waals surface area contributed by atoms with Crippen LogP contribution < -0.4 is 26.6 Å². The molecule has 3 aromatic rings. The van der Waals surface area contributed by atoms with E-state index in [2.05, 4.69) is 26.6 Å². The molecule has 9 atom stereocenters. The van der Waals surface area contributed by atoms with E-state index in [1.54, 1.807) is 56.3 Å². The van der Waals surface area contributed by atoms with Gasteiger partial charge in [0.25, 0.3) is 0 Å². The van der Waals surface area contributed by atoms with E-state index >= 15 is 4.79 Å². The molecular formula is C55H73N7O14. The van der Waals surface area contributed by atoms with Gasteiger partial charge in [0.05, 0.1) is 0 Å². The van der Waals surface area contributed by atoms with E-state index in [1.807, 2.05) is 6.92 Å². The number of carboxylic acid groups (broad SMARTS) is 1. The number of nitrogens with one attached hydrogen (secondary N) is 5. The van der Waals surface area contributed by atoms with E-state index in [-0.39, 0.29) is 50.0 Å². The summed E-state index contributed by atoms with van der Waals surface area (Å²) < 4.78 is 5.91. The second-order valence-electron chi connectivity index (χ2n) is 19.9. The van der Waals surface area contributed by atoms with Gasteiger partial charge in [0.1, 0.15) is 66.1 Å². The predicted molar refractivity (Wildman–Crippen MR) is 276 cm³/mol. The molecule has 9 N–H and O–H groups in total. The number of rotatable bonds is 19. The molecule has 5 rings (SSSR count). The first-order valence-electron chi connectivity index (χ1n) is 26.0. The Bertz CT molecular complexity index is 2490. The fraction of sp³-hybridized carbons (Fsp3) is 0.509. The highest BCUT2D eigenvalue weighted by Gasteiger charge is 2.46. The van der Waals surface area contributed by atoms with E-state index in [1.165, 1.54) is 50.4 Å². The van der Waals surface area contributed by atoms with Crippen LogP contribution in [0.2, 0.25) is 0 Å². The van der Waals surface area contributed by atoms with Crippen molar-refractivity contribution in [3.05, 3.63) is 95.6 Å². The number of benzene rings is 3. The lowest BCUT2D eigenvalue weighted by Crippen LogP contribution is -2.65. The van der Waals surface area contributed by atoms with Gasteiger partial charge in [-0.05, 0) is 79.5 Å². The van der Waals surface area contributed by atoms with Gasteiger partial charge in [-0.2, -0.15) is 0 Å². The number of carbonyl (C=O) groups excluding carboxylic acids is 8. The van der Waals surface area contributed by atoms with Crippen LogP contribution in [0.5, 0.6) is 11.5 Å². The summed E-state index contributed by atoms with van der Waals surface area (Å²) in [5, 5.41) is 54.5. The van der Waals surface area contributed by atoms with Crippen LogP contribution in [0.1, 0.15) is 109 Å². The van der Waals surface area contributed by atoms with Gasteiger partial charge in [-0.25, -0.2) is 4.79 Å². The van der Waals surface area contributed by atoms with Crippen molar-refractivity contribution < 1.29 is 68.3 Å². The lowest BCUT2D eigenvalue weighted by Gasteiger charge is -2.43. The summed E-state index contributed by atoms with van der Waals surface area (Å²) >= 11 is 0. The molecule has 0 aromatic heterocycles. The molecule has 3 aromatic carbocycles. The average Bonchev–Trinajstić information content (AvgIpc) is 3.38. The Morgan fingerprint density at radius 1 is 0.711 bits per heavy atom. The fourth-order valence-corrected chi connectivity index (χ4v) is 9.22. The smallest absolute Gasteiger partial charge is 0.329 e. The first kappa shape index (κ1) is 59.3. The second-order valence-corrected chi connectivity index (χ2v) is 19.9. The minimum Gasteiger partial charge on any atom is -0.508 e. The number of hydrogen-bond donors (Lipinski definition) is 9. The molecule has 21 nitrogen and oxygen atoms in total. The minimum atomic E-state index is -1.86. The zero-order valence-electron chi connectivity index (χ0n) is 43.7. The molecule has 21 heteroatoms. The lowest BCUT2D eigenvalue weighted by molar-refractivity contribution is -0.165. The summed E-state index contributed by atoms with van der Waals surface area (Å²) in [6, 6.07) is 9.55. The molecule has 2 heterocycles. The van der Waals surface area contributed by atoms with Gasteiger partial charge in [0.2, 0.25) is 41.4 Å². The van der Waals surface area contributed by atoms with Crippen molar-refractivity contribution in [2.75, 3.05) is 7.05 Å². The van der Waals surface area contributed by atoms with Crippen LogP contribution in [-0.4, -0.2) is 145 Å². The summed E-state index contributed by atoms with van der Waals surface area (Å²) in [6.07, 6.45) is -0.812. The molecule has 412 valence electrons. The molecule has 0 spiro atoms. The monoisotopic (exact) mass is 1060 g/mol. The van der Waals surface area contributed by atoms with E-state index in [9.17, 15) is 58.8 Å². The number of unbranched alkanes of at least 4 members (excludes halogenated alkanes) is 4. The molecule has 2 fully saturated rings. The highest BCUT2D eigenvalue weighted by Crippen LogP contribution is 2.26. The SMILES string of the molecule is CCCCCCCC(=O)N[C@@H](CCC(=O)O)C(=O)N[C@@H]1C(=O)N[C@@H](Cc2ccc(O)cc2)C(=O)NC2CCC(O)N(C2=O)[C@@H](Cc2ccccc2)C(=O)N(C)[C@@H](Cc2ccc(O)cc2)C(=O)NC(C(C)C)C(=O)O[C@@H]1C. The van der Waals surface area contributed by atoms with Crippen molar-refractivity contribution in [3.8, 4) is 11.5 Å². The van der Waals surface area contributed by atoms with Gasteiger partial charge < -0.3 is 61.5 Å². The van der Waals surface area contributed by atoms with Crippen molar-refractivity contribution in [2.24, 2.45) is 5.92 Å². The quantitative estimate of drug-likeness (QED) is 0.0616. The van der Waals surface area contributed by atoms with Crippen molar-refractivity contribution in [2.45, 2.75) is 166 Å². The van der Waals surface area contributed by atoms with Crippen molar-refractivity contribution in [3.63, 3.8) is 0 Å². The highest BCUT2D eigenvalue weighted by atomic mass is 16.5. The Morgan fingerprint density at radius 3 is 1.91 bits per heavy atom. The third kappa shape index (κ3) is 17.0. The van der Waals surface area contributed by atoms with Gasteiger partial charge >= 0.3 is 11.9 Å². The Morgan fingerprint density at radius 2 is 1.30 bits per heavy atom. The maximum absolute atomic E-state index is 15.1. The van der Waals surface area contributed by atoms with Crippen LogP contribution in [0, 0.1) is 5.92 Å². The number of cyclic esters (lactones) is 1. The maximum Gasteiger partial charge on any atom is 0.329 e. The molecule has 7 amide bonds. The van der Waals surface area contributed by atoms with Gasteiger partial charge in [-0.15, -0.1) is 0 Å². The number of amides is 7. The Hall–Kier alpha value is -7.55. The Balaban J connectivity index is 1.62. The number of phenolic OH excluding ortho intramolecular Hbond substituents is 2. The average molecular weight is 1060 g/mol. The molecule has 0 radical (unpaired) electrons. The molecular weight excluding hydrogens is 983 g/mol. The fourth-order valence-electron chi connectivity index (χ4n) is 9.22. The summed E-state index contributed by atoms with van der Waals surface area (Å²) in [5.41, 5.74) is 1.49. The highest BCUT2D eigenvalue weighted by molar-refractivity contribution is 5.98. The van der Waals surface area contributed by atoms with E-state index < -0.39 is 127 Å².